The van der Waals surface area contributed by atoms with Crippen LogP contribution in [0.3, 0.4) is 0 Å². The topological polar surface area (TPSA) is 83.0 Å². The quantitative estimate of drug-likeness (QED) is 0.257. The van der Waals surface area contributed by atoms with Gasteiger partial charge in [0.1, 0.15) is 5.75 Å². The maximum absolute atomic E-state index is 12.8. The van der Waals surface area contributed by atoms with E-state index in [1.165, 1.54) is 34.3 Å². The van der Waals surface area contributed by atoms with Gasteiger partial charge in [0, 0.05) is 51.0 Å². The summed E-state index contributed by atoms with van der Waals surface area (Å²) in [6.45, 7) is 4.72. The summed E-state index contributed by atoms with van der Waals surface area (Å²) in [5.41, 5.74) is 2.41. The van der Waals surface area contributed by atoms with Crippen molar-refractivity contribution in [1.82, 2.24) is 9.29 Å². The summed E-state index contributed by atoms with van der Waals surface area (Å²) in [4.78, 5) is 22.4. The lowest BCUT2D eigenvalue weighted by atomic mass is 10.2. The third-order valence-corrected chi connectivity index (χ3v) is 10.0. The van der Waals surface area contributed by atoms with E-state index in [9.17, 15) is 13.2 Å². The predicted octanol–water partition coefficient (Wildman–Crippen LogP) is 4.63. The molecule has 0 unspecified atom stereocenters. The summed E-state index contributed by atoms with van der Waals surface area (Å²) in [5, 5.41) is 0.964. The van der Waals surface area contributed by atoms with Gasteiger partial charge in [-0.25, -0.2) is 18.2 Å². The van der Waals surface area contributed by atoms with Crippen molar-refractivity contribution in [3.63, 3.8) is 0 Å². The monoisotopic (exact) mass is 548 g/mol. The Morgan fingerprint density at radius 2 is 1.50 bits per heavy atom. The zero-order chi connectivity index (χ0) is 26.1. The number of para-hydroxylation sites is 1. The second-order valence-corrected chi connectivity index (χ2v) is 12.4. The number of rotatable bonds is 6. The van der Waals surface area contributed by atoms with Crippen molar-refractivity contribution >= 4 is 48.4 Å². The number of esters is 1. The molecule has 0 bridgehead atoms. The first kappa shape index (κ1) is 24.8. The van der Waals surface area contributed by atoms with Crippen molar-refractivity contribution in [2.45, 2.75) is 17.7 Å². The third-order valence-electron chi connectivity index (χ3n) is 7.02. The van der Waals surface area contributed by atoms with Crippen LogP contribution in [0.25, 0.3) is 10.2 Å². The van der Waals surface area contributed by atoms with Gasteiger partial charge in [0.25, 0.3) is 0 Å². The van der Waals surface area contributed by atoms with Gasteiger partial charge in [0.05, 0.1) is 20.7 Å². The Kier molecular flexibility index (Phi) is 6.77. The summed E-state index contributed by atoms with van der Waals surface area (Å²) >= 11 is 1.59. The lowest BCUT2D eigenvalue weighted by Gasteiger charge is -2.35. The minimum Gasteiger partial charge on any atom is -0.423 e. The molecule has 2 aliphatic heterocycles. The number of benzene rings is 3. The van der Waals surface area contributed by atoms with Crippen LogP contribution in [0.1, 0.15) is 23.2 Å². The summed E-state index contributed by atoms with van der Waals surface area (Å²) in [7, 11) is -3.52. The van der Waals surface area contributed by atoms with Crippen LogP contribution in [0.4, 0.5) is 10.8 Å². The van der Waals surface area contributed by atoms with E-state index in [0.717, 1.165) is 54.4 Å². The number of carbonyl (C=O) groups excluding carboxylic acids is 1. The number of anilines is 2. The molecule has 0 aliphatic carbocycles. The van der Waals surface area contributed by atoms with Gasteiger partial charge >= 0.3 is 5.97 Å². The van der Waals surface area contributed by atoms with E-state index in [-0.39, 0.29) is 4.90 Å². The molecule has 2 saturated heterocycles. The second-order valence-electron chi connectivity index (χ2n) is 9.46. The van der Waals surface area contributed by atoms with E-state index >= 15 is 0 Å². The fourth-order valence-electron chi connectivity index (χ4n) is 4.89. The molecule has 0 spiro atoms. The minimum absolute atomic E-state index is 0.194. The molecule has 0 atom stereocenters. The van der Waals surface area contributed by atoms with E-state index in [4.69, 9.17) is 9.72 Å². The average Bonchev–Trinajstić information content (AvgIpc) is 3.65. The van der Waals surface area contributed by atoms with Crippen LogP contribution in [0.2, 0.25) is 0 Å². The Morgan fingerprint density at radius 1 is 0.816 bits per heavy atom. The Hall–Kier alpha value is -3.47. The van der Waals surface area contributed by atoms with Crippen molar-refractivity contribution in [3.05, 3.63) is 78.4 Å². The van der Waals surface area contributed by atoms with Crippen LogP contribution in [0.5, 0.6) is 5.75 Å². The first-order valence-electron chi connectivity index (χ1n) is 12.8. The molecule has 0 saturated carbocycles. The zero-order valence-corrected chi connectivity index (χ0v) is 22.5. The highest BCUT2D eigenvalue weighted by molar-refractivity contribution is 7.89. The second kappa shape index (κ2) is 10.4. The number of hydrogen-bond donors (Lipinski definition) is 0. The fraction of sp³-hybridized carbons (Fsp3) is 0.286. The van der Waals surface area contributed by atoms with Crippen molar-refractivity contribution < 1.29 is 17.9 Å². The lowest BCUT2D eigenvalue weighted by molar-refractivity contribution is 0.0735. The molecule has 3 aromatic carbocycles. The summed E-state index contributed by atoms with van der Waals surface area (Å²) < 4.78 is 33.5. The summed E-state index contributed by atoms with van der Waals surface area (Å²) in [6, 6.07) is 21.8. The van der Waals surface area contributed by atoms with Gasteiger partial charge in [0.15, 0.2) is 5.13 Å². The number of fused-ring (bicyclic) bond motifs is 1. The molecule has 10 heteroatoms. The van der Waals surface area contributed by atoms with Crippen LogP contribution >= 0.6 is 11.3 Å². The molecule has 1 aromatic heterocycles. The van der Waals surface area contributed by atoms with Gasteiger partial charge < -0.3 is 14.5 Å². The third kappa shape index (κ3) is 4.99. The summed E-state index contributed by atoms with van der Waals surface area (Å²) in [6.07, 6.45) is 1.75. The molecular weight excluding hydrogens is 520 g/mol. The van der Waals surface area contributed by atoms with Crippen molar-refractivity contribution in [2.24, 2.45) is 0 Å². The number of hydrogen-bond acceptors (Lipinski definition) is 8. The van der Waals surface area contributed by atoms with Crippen LogP contribution < -0.4 is 14.5 Å². The molecule has 6 rings (SSSR count). The van der Waals surface area contributed by atoms with Gasteiger partial charge in [-0.15, -0.1) is 0 Å². The van der Waals surface area contributed by atoms with E-state index in [2.05, 4.69) is 34.1 Å². The first-order valence-corrected chi connectivity index (χ1v) is 15.0. The largest absolute Gasteiger partial charge is 0.423 e. The number of aromatic nitrogens is 1. The molecule has 2 fully saturated rings. The van der Waals surface area contributed by atoms with Crippen LogP contribution in [0.15, 0.2) is 77.7 Å². The van der Waals surface area contributed by atoms with Crippen LogP contribution in [-0.4, -0.2) is 62.9 Å². The Labute approximate surface area is 226 Å². The molecule has 0 amide bonds. The highest BCUT2D eigenvalue weighted by Crippen LogP contribution is 2.32. The molecule has 3 heterocycles. The molecule has 196 valence electrons. The minimum atomic E-state index is -3.52. The highest BCUT2D eigenvalue weighted by Gasteiger charge is 2.27. The maximum atomic E-state index is 12.8. The maximum Gasteiger partial charge on any atom is 0.343 e. The van der Waals surface area contributed by atoms with Crippen molar-refractivity contribution in [2.75, 3.05) is 49.1 Å². The van der Waals surface area contributed by atoms with E-state index < -0.39 is 16.0 Å². The Balaban J connectivity index is 1.11. The Bertz CT molecular complexity index is 1540. The van der Waals surface area contributed by atoms with Gasteiger partial charge in [-0.3, -0.25) is 0 Å². The van der Waals surface area contributed by atoms with Gasteiger partial charge in [-0.1, -0.05) is 29.5 Å². The van der Waals surface area contributed by atoms with E-state index in [1.54, 1.807) is 17.4 Å². The number of piperazine rings is 1. The van der Waals surface area contributed by atoms with E-state index in [0.29, 0.717) is 24.4 Å². The van der Waals surface area contributed by atoms with Gasteiger partial charge in [-0.2, -0.15) is 4.31 Å². The molecule has 8 nitrogen and oxygen atoms in total. The number of ether oxygens (including phenoxy) is 1. The molecule has 38 heavy (non-hydrogen) atoms. The highest BCUT2D eigenvalue weighted by atomic mass is 32.2. The average molecular weight is 549 g/mol. The fourth-order valence-corrected chi connectivity index (χ4v) is 7.46. The predicted molar refractivity (Wildman–Crippen MR) is 150 cm³/mol. The lowest BCUT2D eigenvalue weighted by Crippen LogP contribution is -2.46. The molecule has 4 aromatic rings. The molecular formula is C28H28N4O4S2. The van der Waals surface area contributed by atoms with Gasteiger partial charge in [0.2, 0.25) is 10.0 Å². The van der Waals surface area contributed by atoms with Gasteiger partial charge in [-0.05, 0) is 61.4 Å². The number of carbonyl (C=O) groups is 1. The SMILES string of the molecule is O=C(Oc1ccc2nc(N3CCN(c4ccccc4)CC3)sc2c1)c1ccc(S(=O)(=O)N2CCCC2)cc1. The van der Waals surface area contributed by atoms with Crippen molar-refractivity contribution in [1.29, 1.82) is 0 Å². The standard InChI is InChI=1S/C28H28N4O4S2/c33-27(21-8-11-24(12-9-21)38(34,35)32-14-4-5-15-32)36-23-10-13-25-26(20-23)37-28(29-25)31-18-16-30(17-19-31)22-6-2-1-3-7-22/h1-3,6-13,20H,4-5,14-19H2. The molecule has 2 aliphatic rings. The zero-order valence-electron chi connectivity index (χ0n) is 20.8. The first-order chi connectivity index (χ1) is 18.5. The smallest absolute Gasteiger partial charge is 0.343 e. The number of thiazole rings is 1. The van der Waals surface area contributed by atoms with Crippen LogP contribution in [0, 0.1) is 0 Å². The van der Waals surface area contributed by atoms with E-state index in [1.807, 2.05) is 18.2 Å². The number of sulfonamides is 1. The molecule has 0 N–H and O–H groups in total. The van der Waals surface area contributed by atoms with Crippen molar-refractivity contribution in [3.8, 4) is 5.75 Å². The molecule has 0 radical (unpaired) electrons. The number of nitrogens with zero attached hydrogens (tertiary/aromatic N) is 4. The Morgan fingerprint density at radius 3 is 2.21 bits per heavy atom. The van der Waals surface area contributed by atoms with Crippen LogP contribution in [-0.2, 0) is 10.0 Å². The normalized spacial score (nSPS) is 16.7. The summed E-state index contributed by atoms with van der Waals surface area (Å²) in [5.74, 6) is -0.100.